The van der Waals surface area contributed by atoms with Crippen LogP contribution in [0.25, 0.3) is 0 Å². The van der Waals surface area contributed by atoms with E-state index >= 15 is 0 Å². The predicted molar refractivity (Wildman–Crippen MR) is 137 cm³/mol. The van der Waals surface area contributed by atoms with Gasteiger partial charge < -0.3 is 19.1 Å². The normalized spacial score (nSPS) is 15.4. The molecule has 1 atom stereocenters. The lowest BCUT2D eigenvalue weighted by atomic mass is 9.90. The van der Waals surface area contributed by atoms with E-state index in [1.165, 1.54) is 5.56 Å². The summed E-state index contributed by atoms with van der Waals surface area (Å²) in [6.45, 7) is 9.00. The van der Waals surface area contributed by atoms with Gasteiger partial charge in [-0.25, -0.2) is 0 Å². The highest BCUT2D eigenvalue weighted by Crippen LogP contribution is 2.36. The van der Waals surface area contributed by atoms with Crippen LogP contribution in [-0.4, -0.2) is 44.9 Å². The van der Waals surface area contributed by atoms with Gasteiger partial charge in [-0.3, -0.25) is 0 Å². The zero-order chi connectivity index (χ0) is 23.5. The smallest absolute Gasteiger partial charge is 0.126 e. The summed E-state index contributed by atoms with van der Waals surface area (Å²) >= 11 is 5.95. The first-order valence-electron chi connectivity index (χ1n) is 11.9. The zero-order valence-electron chi connectivity index (χ0n) is 20.1. The summed E-state index contributed by atoms with van der Waals surface area (Å²) in [6, 6.07) is 14.0. The molecule has 0 radical (unpaired) electrons. The van der Waals surface area contributed by atoms with Crippen LogP contribution >= 0.6 is 11.6 Å². The summed E-state index contributed by atoms with van der Waals surface area (Å²) in [5.74, 6) is 2.92. The van der Waals surface area contributed by atoms with E-state index in [2.05, 4.69) is 43.0 Å². The summed E-state index contributed by atoms with van der Waals surface area (Å²) in [5, 5.41) is 0.750. The first-order valence-corrected chi connectivity index (χ1v) is 12.3. The molecule has 0 saturated heterocycles. The molecule has 33 heavy (non-hydrogen) atoms. The molecule has 0 saturated carbocycles. The average Bonchev–Trinajstić information content (AvgIpc) is 2.85. The van der Waals surface area contributed by atoms with Crippen molar-refractivity contribution >= 4 is 11.6 Å². The molecular formula is C28H36ClNO3. The molecule has 1 aliphatic carbocycles. The van der Waals surface area contributed by atoms with Crippen LogP contribution in [0.5, 0.6) is 11.5 Å². The molecule has 178 valence electrons. The third-order valence-electron chi connectivity index (χ3n) is 6.02. The fourth-order valence-electron chi connectivity index (χ4n) is 4.03. The highest BCUT2D eigenvalue weighted by Gasteiger charge is 2.19. The van der Waals surface area contributed by atoms with Gasteiger partial charge in [0.15, 0.2) is 0 Å². The minimum Gasteiger partial charge on any atom is -0.498 e. The topological polar surface area (TPSA) is 30.9 Å². The maximum absolute atomic E-state index is 6.08. The number of hydrogen-bond donors (Lipinski definition) is 0. The fourth-order valence-corrected chi connectivity index (χ4v) is 4.15. The van der Waals surface area contributed by atoms with Crippen LogP contribution in [0.4, 0.5) is 0 Å². The van der Waals surface area contributed by atoms with E-state index in [0.717, 1.165) is 73.3 Å². The number of halogens is 1. The Hall–Kier alpha value is -2.43. The predicted octanol–water partition coefficient (Wildman–Crippen LogP) is 6.65. The van der Waals surface area contributed by atoms with Crippen molar-refractivity contribution in [2.24, 2.45) is 0 Å². The maximum atomic E-state index is 6.08. The number of ether oxygens (including phenoxy) is 3. The second-order valence-corrected chi connectivity index (χ2v) is 8.62. The Bertz CT molecular complexity index is 919. The van der Waals surface area contributed by atoms with Crippen LogP contribution < -0.4 is 9.47 Å². The van der Waals surface area contributed by atoms with Gasteiger partial charge in [-0.1, -0.05) is 55.8 Å². The minimum absolute atomic E-state index is 0.228. The number of benzene rings is 2. The van der Waals surface area contributed by atoms with Crippen molar-refractivity contribution in [2.75, 3.05) is 40.0 Å². The summed E-state index contributed by atoms with van der Waals surface area (Å²) in [6.07, 6.45) is 9.08. The van der Waals surface area contributed by atoms with E-state index in [0.29, 0.717) is 6.61 Å². The van der Waals surface area contributed by atoms with Gasteiger partial charge in [-0.2, -0.15) is 0 Å². The number of rotatable bonds is 13. The first-order chi connectivity index (χ1) is 16.1. The van der Waals surface area contributed by atoms with Gasteiger partial charge in [0, 0.05) is 42.0 Å². The quantitative estimate of drug-likeness (QED) is 0.307. The lowest BCUT2D eigenvalue weighted by Gasteiger charge is -2.22. The van der Waals surface area contributed by atoms with Gasteiger partial charge in [-0.05, 0) is 49.3 Å². The van der Waals surface area contributed by atoms with Crippen molar-refractivity contribution in [1.82, 2.24) is 4.90 Å². The van der Waals surface area contributed by atoms with Gasteiger partial charge in [0.05, 0.1) is 26.1 Å². The van der Waals surface area contributed by atoms with Crippen LogP contribution in [-0.2, 0) is 11.2 Å². The van der Waals surface area contributed by atoms with Gasteiger partial charge in [-0.15, -0.1) is 0 Å². The molecule has 2 aromatic carbocycles. The molecule has 0 amide bonds. The maximum Gasteiger partial charge on any atom is 0.126 e. The lowest BCUT2D eigenvalue weighted by Crippen LogP contribution is -2.24. The molecule has 0 fully saturated rings. The Kier molecular flexibility index (Phi) is 10.2. The van der Waals surface area contributed by atoms with Crippen LogP contribution in [0.15, 0.2) is 66.5 Å². The highest BCUT2D eigenvalue weighted by molar-refractivity contribution is 6.30. The second-order valence-electron chi connectivity index (χ2n) is 8.19. The molecule has 0 spiro atoms. The molecule has 0 bridgehead atoms. The van der Waals surface area contributed by atoms with Crippen LogP contribution in [0.3, 0.4) is 0 Å². The third-order valence-corrected chi connectivity index (χ3v) is 6.28. The largest absolute Gasteiger partial charge is 0.498 e. The fraction of sp³-hybridized carbons (Fsp3) is 0.429. The molecule has 5 heteroatoms. The summed E-state index contributed by atoms with van der Waals surface area (Å²) in [7, 11) is 1.71. The Labute approximate surface area is 203 Å². The van der Waals surface area contributed by atoms with E-state index in [4.69, 9.17) is 25.8 Å². The third kappa shape index (κ3) is 7.83. The number of hydrogen-bond acceptors (Lipinski definition) is 4. The molecule has 0 aliphatic heterocycles. The molecule has 0 N–H and O–H groups in total. The SMILES string of the molecule is CCN(CC)CCCOC1=CC=CC(c2ccc(OCCc3ccc(Cl)cc3)cc2OC)C1. The van der Waals surface area contributed by atoms with Gasteiger partial charge >= 0.3 is 0 Å². The molecule has 3 rings (SSSR count). The van der Waals surface area contributed by atoms with E-state index in [9.17, 15) is 0 Å². The Balaban J connectivity index is 1.51. The van der Waals surface area contributed by atoms with E-state index in [1.54, 1.807) is 7.11 Å². The standard InChI is InChI=1S/C28H36ClNO3/c1-4-30(5-2)17-7-18-32-25-9-6-8-23(20-25)27-15-14-26(21-28(27)31-3)33-19-16-22-10-12-24(29)13-11-22/h6,8-15,21,23H,4-5,7,16-20H2,1-3H3. The average molecular weight is 470 g/mol. The van der Waals surface area contributed by atoms with Crippen molar-refractivity contribution < 1.29 is 14.2 Å². The Morgan fingerprint density at radius 2 is 1.79 bits per heavy atom. The van der Waals surface area contributed by atoms with Crippen molar-refractivity contribution in [3.63, 3.8) is 0 Å². The van der Waals surface area contributed by atoms with Gasteiger partial charge in [0.25, 0.3) is 0 Å². The van der Waals surface area contributed by atoms with Crippen molar-refractivity contribution in [3.8, 4) is 11.5 Å². The van der Waals surface area contributed by atoms with E-state index < -0.39 is 0 Å². The minimum atomic E-state index is 0.228. The molecular weight excluding hydrogens is 434 g/mol. The number of methoxy groups -OCH3 is 1. The summed E-state index contributed by atoms with van der Waals surface area (Å²) in [5.41, 5.74) is 2.35. The zero-order valence-corrected chi connectivity index (χ0v) is 20.8. The highest BCUT2D eigenvalue weighted by atomic mass is 35.5. The van der Waals surface area contributed by atoms with Gasteiger partial charge in [0.1, 0.15) is 11.5 Å². The van der Waals surface area contributed by atoms with Crippen LogP contribution in [0.1, 0.15) is 43.7 Å². The van der Waals surface area contributed by atoms with Crippen LogP contribution in [0.2, 0.25) is 5.02 Å². The van der Waals surface area contributed by atoms with Gasteiger partial charge in [0.2, 0.25) is 0 Å². The molecule has 0 heterocycles. The van der Waals surface area contributed by atoms with Crippen molar-refractivity contribution in [3.05, 3.63) is 82.6 Å². The lowest BCUT2D eigenvalue weighted by molar-refractivity contribution is 0.177. The summed E-state index contributed by atoms with van der Waals surface area (Å²) < 4.78 is 17.8. The number of allylic oxidation sites excluding steroid dienone is 4. The summed E-state index contributed by atoms with van der Waals surface area (Å²) in [4.78, 5) is 2.42. The molecule has 4 nitrogen and oxygen atoms in total. The first kappa shape index (κ1) is 25.2. The molecule has 1 aliphatic rings. The molecule has 1 unspecified atom stereocenters. The number of nitrogens with zero attached hydrogens (tertiary/aromatic N) is 1. The van der Waals surface area contributed by atoms with E-state index in [1.807, 2.05) is 36.4 Å². The van der Waals surface area contributed by atoms with Crippen LogP contribution in [0, 0.1) is 0 Å². The van der Waals surface area contributed by atoms with Crippen molar-refractivity contribution in [1.29, 1.82) is 0 Å². The molecule has 0 aromatic heterocycles. The monoisotopic (exact) mass is 469 g/mol. The molecule has 2 aromatic rings. The second kappa shape index (κ2) is 13.3. The Morgan fingerprint density at radius 1 is 1.00 bits per heavy atom. The Morgan fingerprint density at radius 3 is 2.52 bits per heavy atom. The van der Waals surface area contributed by atoms with Crippen molar-refractivity contribution in [2.45, 2.75) is 39.0 Å². The van der Waals surface area contributed by atoms with E-state index in [-0.39, 0.29) is 5.92 Å².